The van der Waals surface area contributed by atoms with E-state index in [1.54, 1.807) is 19.9 Å². The molecular weight excluding hydrogens is 270 g/mol. The second kappa shape index (κ2) is 7.67. The van der Waals surface area contributed by atoms with Gasteiger partial charge in [-0.05, 0) is 37.5 Å². The van der Waals surface area contributed by atoms with Crippen LogP contribution in [0.2, 0.25) is 0 Å². The molecule has 21 heavy (non-hydrogen) atoms. The van der Waals surface area contributed by atoms with Gasteiger partial charge >= 0.3 is 5.97 Å². The normalized spacial score (nSPS) is 12.3. The van der Waals surface area contributed by atoms with E-state index in [0.717, 1.165) is 5.56 Å². The SMILES string of the molecule is CC(C)Oc1cccc(CC(=O)N[C@H](C(=O)O)C(C)C)c1. The van der Waals surface area contributed by atoms with Crippen LogP contribution in [0.1, 0.15) is 33.3 Å². The molecule has 0 aliphatic heterocycles. The third kappa shape index (κ3) is 5.85. The standard InChI is InChI=1S/C16H23NO4/c1-10(2)15(16(19)20)17-14(18)9-12-6-5-7-13(8-12)21-11(3)4/h5-8,10-11,15H,9H2,1-4H3,(H,17,18)(H,19,20)/t15-/m0/s1. The van der Waals surface area contributed by atoms with Crippen molar-refractivity contribution in [2.24, 2.45) is 5.92 Å². The molecule has 2 N–H and O–H groups in total. The Bertz CT molecular complexity index is 497. The van der Waals surface area contributed by atoms with E-state index in [9.17, 15) is 9.59 Å². The average molecular weight is 293 g/mol. The zero-order valence-electron chi connectivity index (χ0n) is 12.9. The monoisotopic (exact) mass is 293 g/mol. The van der Waals surface area contributed by atoms with Crippen molar-refractivity contribution in [2.75, 3.05) is 0 Å². The Labute approximate surface area is 125 Å². The lowest BCUT2D eigenvalue weighted by Crippen LogP contribution is -2.44. The molecule has 0 spiro atoms. The van der Waals surface area contributed by atoms with E-state index in [0.29, 0.717) is 5.75 Å². The van der Waals surface area contributed by atoms with Gasteiger partial charge in [0.15, 0.2) is 0 Å². The number of amides is 1. The summed E-state index contributed by atoms with van der Waals surface area (Å²) in [5.41, 5.74) is 0.790. The molecule has 0 aliphatic carbocycles. The maximum atomic E-state index is 12.0. The highest BCUT2D eigenvalue weighted by atomic mass is 16.5. The van der Waals surface area contributed by atoms with Crippen molar-refractivity contribution in [3.63, 3.8) is 0 Å². The van der Waals surface area contributed by atoms with Gasteiger partial charge in [-0.25, -0.2) is 4.79 Å². The summed E-state index contributed by atoms with van der Waals surface area (Å²) in [4.78, 5) is 23.0. The first-order valence-electron chi connectivity index (χ1n) is 7.07. The van der Waals surface area contributed by atoms with Crippen molar-refractivity contribution in [2.45, 2.75) is 46.3 Å². The van der Waals surface area contributed by atoms with E-state index in [4.69, 9.17) is 9.84 Å². The van der Waals surface area contributed by atoms with Crippen LogP contribution >= 0.6 is 0 Å². The van der Waals surface area contributed by atoms with Crippen LogP contribution < -0.4 is 10.1 Å². The lowest BCUT2D eigenvalue weighted by Gasteiger charge is -2.18. The molecule has 0 saturated carbocycles. The Morgan fingerprint density at radius 1 is 1.24 bits per heavy atom. The highest BCUT2D eigenvalue weighted by Gasteiger charge is 2.23. The summed E-state index contributed by atoms with van der Waals surface area (Å²) in [6.45, 7) is 7.38. The Balaban J connectivity index is 2.68. The van der Waals surface area contributed by atoms with Crippen molar-refractivity contribution in [1.29, 1.82) is 0 Å². The van der Waals surface area contributed by atoms with Gasteiger partial charge in [0.2, 0.25) is 5.91 Å². The fourth-order valence-electron chi connectivity index (χ4n) is 1.92. The maximum absolute atomic E-state index is 12.0. The first-order valence-corrected chi connectivity index (χ1v) is 7.07. The van der Waals surface area contributed by atoms with Crippen molar-refractivity contribution in [3.05, 3.63) is 29.8 Å². The quantitative estimate of drug-likeness (QED) is 0.808. The lowest BCUT2D eigenvalue weighted by molar-refractivity contribution is -0.143. The molecule has 1 aromatic rings. The van der Waals surface area contributed by atoms with E-state index in [1.807, 2.05) is 32.0 Å². The molecule has 116 valence electrons. The third-order valence-electron chi connectivity index (χ3n) is 2.88. The predicted molar refractivity (Wildman–Crippen MR) is 80.3 cm³/mol. The van der Waals surface area contributed by atoms with Crippen LogP contribution in [0.15, 0.2) is 24.3 Å². The van der Waals surface area contributed by atoms with Gasteiger partial charge in [-0.15, -0.1) is 0 Å². The van der Waals surface area contributed by atoms with E-state index < -0.39 is 12.0 Å². The first kappa shape index (κ1) is 17.0. The van der Waals surface area contributed by atoms with Gasteiger partial charge in [-0.1, -0.05) is 26.0 Å². The number of benzene rings is 1. The van der Waals surface area contributed by atoms with Gasteiger partial charge in [0.25, 0.3) is 0 Å². The van der Waals surface area contributed by atoms with Crippen LogP contribution in [0, 0.1) is 5.92 Å². The van der Waals surface area contributed by atoms with Crippen molar-refractivity contribution in [1.82, 2.24) is 5.32 Å². The Kier molecular flexibility index (Phi) is 6.21. The summed E-state index contributed by atoms with van der Waals surface area (Å²) in [6.07, 6.45) is 0.192. The smallest absolute Gasteiger partial charge is 0.326 e. The van der Waals surface area contributed by atoms with E-state index in [-0.39, 0.29) is 24.3 Å². The summed E-state index contributed by atoms with van der Waals surface area (Å²) in [5.74, 6) is -0.788. The molecule has 5 heteroatoms. The van der Waals surface area contributed by atoms with Crippen LogP contribution in [0.25, 0.3) is 0 Å². The van der Waals surface area contributed by atoms with Crippen LogP contribution in [0.4, 0.5) is 0 Å². The minimum absolute atomic E-state index is 0.0615. The second-order valence-corrected chi connectivity index (χ2v) is 5.62. The molecule has 1 aromatic carbocycles. The molecular formula is C16H23NO4. The van der Waals surface area contributed by atoms with E-state index in [2.05, 4.69) is 5.32 Å². The number of carboxylic acids is 1. The molecule has 0 fully saturated rings. The maximum Gasteiger partial charge on any atom is 0.326 e. The Morgan fingerprint density at radius 2 is 1.90 bits per heavy atom. The third-order valence-corrected chi connectivity index (χ3v) is 2.88. The molecule has 0 unspecified atom stereocenters. The molecule has 0 heterocycles. The topological polar surface area (TPSA) is 75.6 Å². The van der Waals surface area contributed by atoms with Crippen molar-refractivity contribution >= 4 is 11.9 Å². The van der Waals surface area contributed by atoms with Gasteiger partial charge in [0.05, 0.1) is 12.5 Å². The van der Waals surface area contributed by atoms with Gasteiger partial charge in [-0.2, -0.15) is 0 Å². The molecule has 5 nitrogen and oxygen atoms in total. The van der Waals surface area contributed by atoms with Crippen LogP contribution in [0.3, 0.4) is 0 Å². The molecule has 0 saturated heterocycles. The lowest BCUT2D eigenvalue weighted by atomic mass is 10.0. The number of ether oxygens (including phenoxy) is 1. The molecule has 1 atom stereocenters. The number of hydrogen-bond acceptors (Lipinski definition) is 3. The first-order chi connectivity index (χ1) is 9.79. The predicted octanol–water partition coefficient (Wildman–Crippen LogP) is 2.24. The van der Waals surface area contributed by atoms with Gasteiger partial charge in [0, 0.05) is 0 Å². The molecule has 0 aromatic heterocycles. The highest BCUT2D eigenvalue weighted by molar-refractivity contribution is 5.85. The van der Waals surface area contributed by atoms with Crippen LogP contribution in [-0.2, 0) is 16.0 Å². The van der Waals surface area contributed by atoms with Crippen molar-refractivity contribution < 1.29 is 19.4 Å². The minimum atomic E-state index is -1.02. The van der Waals surface area contributed by atoms with Gasteiger partial charge < -0.3 is 15.2 Å². The number of carbonyl (C=O) groups excluding carboxylic acids is 1. The number of carboxylic acid groups (broad SMARTS) is 1. The summed E-state index contributed by atoms with van der Waals surface area (Å²) >= 11 is 0. The number of carbonyl (C=O) groups is 2. The Hall–Kier alpha value is -2.04. The number of nitrogens with one attached hydrogen (secondary N) is 1. The zero-order chi connectivity index (χ0) is 16.0. The molecule has 0 bridgehead atoms. The highest BCUT2D eigenvalue weighted by Crippen LogP contribution is 2.15. The fraction of sp³-hybridized carbons (Fsp3) is 0.500. The number of aliphatic carboxylic acids is 1. The van der Waals surface area contributed by atoms with Gasteiger partial charge in [-0.3, -0.25) is 4.79 Å². The second-order valence-electron chi connectivity index (χ2n) is 5.62. The van der Waals surface area contributed by atoms with Gasteiger partial charge in [0.1, 0.15) is 11.8 Å². The number of hydrogen-bond donors (Lipinski definition) is 2. The van der Waals surface area contributed by atoms with E-state index in [1.165, 1.54) is 0 Å². The molecule has 1 rings (SSSR count). The van der Waals surface area contributed by atoms with Crippen LogP contribution in [-0.4, -0.2) is 29.1 Å². The largest absolute Gasteiger partial charge is 0.491 e. The Morgan fingerprint density at radius 3 is 2.43 bits per heavy atom. The summed E-state index contributed by atoms with van der Waals surface area (Å²) in [7, 11) is 0. The molecule has 1 amide bonds. The van der Waals surface area contributed by atoms with Crippen molar-refractivity contribution in [3.8, 4) is 5.75 Å². The van der Waals surface area contributed by atoms with Crippen LogP contribution in [0.5, 0.6) is 5.75 Å². The minimum Gasteiger partial charge on any atom is -0.491 e. The summed E-state index contributed by atoms with van der Waals surface area (Å²) in [5, 5.41) is 11.6. The summed E-state index contributed by atoms with van der Waals surface area (Å²) < 4.78 is 5.57. The fourth-order valence-corrected chi connectivity index (χ4v) is 1.92. The summed E-state index contributed by atoms with van der Waals surface area (Å²) in [6, 6.07) is 6.39. The zero-order valence-corrected chi connectivity index (χ0v) is 12.9. The molecule has 0 radical (unpaired) electrons. The number of rotatable bonds is 7. The average Bonchev–Trinajstić information content (AvgIpc) is 2.34. The van der Waals surface area contributed by atoms with E-state index >= 15 is 0 Å². The molecule has 0 aliphatic rings.